The van der Waals surface area contributed by atoms with E-state index in [-0.39, 0.29) is 12.3 Å². The maximum atomic E-state index is 11.8. The molecule has 6 nitrogen and oxygen atoms in total. The van der Waals surface area contributed by atoms with Crippen LogP contribution < -0.4 is 10.6 Å². The number of hydrogen-bond acceptors (Lipinski definition) is 4. The predicted octanol–water partition coefficient (Wildman–Crippen LogP) is 1.35. The van der Waals surface area contributed by atoms with E-state index in [0.29, 0.717) is 11.3 Å². The van der Waals surface area contributed by atoms with E-state index in [0.717, 1.165) is 5.56 Å². The van der Waals surface area contributed by atoms with Gasteiger partial charge in [0, 0.05) is 24.6 Å². The molecule has 0 bridgehead atoms. The molecule has 0 atom stereocenters. The van der Waals surface area contributed by atoms with Gasteiger partial charge < -0.3 is 15.7 Å². The Hall–Kier alpha value is -2.89. The number of aromatic hydroxyl groups is 1. The molecule has 1 aromatic carbocycles. The number of pyridine rings is 1. The van der Waals surface area contributed by atoms with Crippen molar-refractivity contribution in [1.82, 2.24) is 10.3 Å². The van der Waals surface area contributed by atoms with Crippen molar-refractivity contribution in [3.63, 3.8) is 0 Å². The second-order valence-corrected chi connectivity index (χ2v) is 4.50. The van der Waals surface area contributed by atoms with Gasteiger partial charge in [0.2, 0.25) is 0 Å². The topological polar surface area (TPSA) is 91.3 Å². The minimum absolute atomic E-state index is 0.103. The third-order valence-corrected chi connectivity index (χ3v) is 2.84. The summed E-state index contributed by atoms with van der Waals surface area (Å²) in [7, 11) is 0. The normalized spacial score (nSPS) is 9.95. The van der Waals surface area contributed by atoms with Crippen LogP contribution >= 0.6 is 0 Å². The van der Waals surface area contributed by atoms with Crippen molar-refractivity contribution in [3.05, 3.63) is 53.9 Å². The minimum Gasteiger partial charge on any atom is -0.508 e. The zero-order valence-electron chi connectivity index (χ0n) is 11.5. The van der Waals surface area contributed by atoms with E-state index >= 15 is 0 Å². The summed E-state index contributed by atoms with van der Waals surface area (Å²) >= 11 is 0. The lowest BCUT2D eigenvalue weighted by Gasteiger charge is -2.09. The van der Waals surface area contributed by atoms with Gasteiger partial charge in [0.05, 0.1) is 0 Å². The second kappa shape index (κ2) is 6.51. The number of phenolic OH excluding ortho intramolecular Hbond substituents is 1. The number of anilines is 1. The molecule has 2 aromatic rings. The van der Waals surface area contributed by atoms with Crippen LogP contribution in [0.25, 0.3) is 0 Å². The van der Waals surface area contributed by atoms with Crippen LogP contribution in [0.4, 0.5) is 5.69 Å². The third kappa shape index (κ3) is 4.04. The highest BCUT2D eigenvalue weighted by Gasteiger charge is 2.14. The quantitative estimate of drug-likeness (QED) is 0.586. The van der Waals surface area contributed by atoms with E-state index in [1.165, 1.54) is 18.2 Å². The van der Waals surface area contributed by atoms with E-state index in [1.54, 1.807) is 31.5 Å². The molecule has 0 aliphatic rings. The maximum absolute atomic E-state index is 11.8. The van der Waals surface area contributed by atoms with Crippen molar-refractivity contribution in [3.8, 4) is 5.75 Å². The number of benzene rings is 1. The summed E-state index contributed by atoms with van der Waals surface area (Å²) in [5, 5.41) is 14.3. The molecule has 21 heavy (non-hydrogen) atoms. The Labute approximate surface area is 121 Å². The number of hydrogen-bond donors (Lipinski definition) is 3. The molecule has 6 heteroatoms. The van der Waals surface area contributed by atoms with Gasteiger partial charge in [-0.1, -0.05) is 6.07 Å². The summed E-state index contributed by atoms with van der Waals surface area (Å²) < 4.78 is 0. The molecule has 0 aliphatic carbocycles. The molecular formula is C15H15N3O3. The summed E-state index contributed by atoms with van der Waals surface area (Å²) in [6, 6.07) is 8.03. The van der Waals surface area contributed by atoms with Crippen LogP contribution in [-0.4, -0.2) is 21.9 Å². The maximum Gasteiger partial charge on any atom is 0.313 e. The van der Waals surface area contributed by atoms with Gasteiger partial charge in [0.25, 0.3) is 0 Å². The highest BCUT2D eigenvalue weighted by molar-refractivity contribution is 6.39. The van der Waals surface area contributed by atoms with E-state index in [1.807, 2.05) is 0 Å². The first-order valence-corrected chi connectivity index (χ1v) is 6.34. The highest BCUT2D eigenvalue weighted by Crippen LogP contribution is 2.19. The first-order valence-electron chi connectivity index (χ1n) is 6.34. The summed E-state index contributed by atoms with van der Waals surface area (Å²) in [6.45, 7) is 1.96. The summed E-state index contributed by atoms with van der Waals surface area (Å²) in [4.78, 5) is 27.4. The Kier molecular flexibility index (Phi) is 4.50. The zero-order valence-corrected chi connectivity index (χ0v) is 11.5. The van der Waals surface area contributed by atoms with Crippen molar-refractivity contribution in [2.75, 3.05) is 5.32 Å². The Morgan fingerprint density at radius 1 is 1.24 bits per heavy atom. The molecule has 1 aromatic heterocycles. The van der Waals surface area contributed by atoms with Crippen molar-refractivity contribution >= 4 is 17.5 Å². The molecular weight excluding hydrogens is 270 g/mol. The Bertz CT molecular complexity index is 656. The molecule has 0 spiro atoms. The zero-order chi connectivity index (χ0) is 15.2. The van der Waals surface area contributed by atoms with E-state index in [9.17, 15) is 14.7 Å². The molecule has 3 N–H and O–H groups in total. The van der Waals surface area contributed by atoms with Gasteiger partial charge in [0.15, 0.2) is 0 Å². The molecule has 2 rings (SSSR count). The average Bonchev–Trinajstić information content (AvgIpc) is 2.48. The fourth-order valence-corrected chi connectivity index (χ4v) is 1.73. The minimum atomic E-state index is -0.757. The van der Waals surface area contributed by atoms with Crippen LogP contribution in [0.2, 0.25) is 0 Å². The Morgan fingerprint density at radius 2 is 2.05 bits per heavy atom. The molecule has 0 saturated carbocycles. The summed E-state index contributed by atoms with van der Waals surface area (Å²) in [5.74, 6) is -1.38. The van der Waals surface area contributed by atoms with Crippen LogP contribution in [0.1, 0.15) is 11.1 Å². The summed E-state index contributed by atoms with van der Waals surface area (Å²) in [5.41, 5.74) is 1.96. The van der Waals surface area contributed by atoms with Crippen molar-refractivity contribution < 1.29 is 14.7 Å². The van der Waals surface area contributed by atoms with Crippen LogP contribution in [0.3, 0.4) is 0 Å². The lowest BCUT2D eigenvalue weighted by molar-refractivity contribution is -0.136. The number of aryl methyl sites for hydroxylation is 1. The first kappa shape index (κ1) is 14.5. The number of carbonyl (C=O) groups excluding carboxylic acids is 2. The highest BCUT2D eigenvalue weighted by atomic mass is 16.3. The smallest absolute Gasteiger partial charge is 0.313 e. The summed E-state index contributed by atoms with van der Waals surface area (Å²) in [6.07, 6.45) is 3.24. The van der Waals surface area contributed by atoms with Crippen molar-refractivity contribution in [1.29, 1.82) is 0 Å². The molecule has 0 aliphatic heterocycles. The Morgan fingerprint density at radius 3 is 2.71 bits per heavy atom. The van der Waals surface area contributed by atoms with Crippen molar-refractivity contribution in [2.45, 2.75) is 13.5 Å². The van der Waals surface area contributed by atoms with Crippen LogP contribution in [0.15, 0.2) is 42.7 Å². The monoisotopic (exact) mass is 285 g/mol. The van der Waals surface area contributed by atoms with Crippen LogP contribution in [0, 0.1) is 6.92 Å². The van der Waals surface area contributed by atoms with Crippen molar-refractivity contribution in [2.24, 2.45) is 0 Å². The lowest BCUT2D eigenvalue weighted by atomic mass is 10.2. The fraction of sp³-hybridized carbons (Fsp3) is 0.133. The lowest BCUT2D eigenvalue weighted by Crippen LogP contribution is -2.35. The molecule has 108 valence electrons. The Balaban J connectivity index is 1.92. The first-order chi connectivity index (χ1) is 10.1. The SMILES string of the molecule is Cc1cc(O)ccc1NC(=O)C(=O)NCc1cccnc1. The van der Waals surface area contributed by atoms with E-state index in [2.05, 4.69) is 15.6 Å². The second-order valence-electron chi connectivity index (χ2n) is 4.50. The van der Waals surface area contributed by atoms with Crippen LogP contribution in [0.5, 0.6) is 5.75 Å². The van der Waals surface area contributed by atoms with Crippen LogP contribution in [-0.2, 0) is 16.1 Å². The molecule has 2 amide bonds. The number of amides is 2. The number of rotatable bonds is 3. The molecule has 0 radical (unpaired) electrons. The number of nitrogens with one attached hydrogen (secondary N) is 2. The van der Waals surface area contributed by atoms with Gasteiger partial charge in [0.1, 0.15) is 5.75 Å². The molecule has 1 heterocycles. The van der Waals surface area contributed by atoms with Gasteiger partial charge in [-0.25, -0.2) is 0 Å². The average molecular weight is 285 g/mol. The molecule has 0 fully saturated rings. The standard InChI is InChI=1S/C15H15N3O3/c1-10-7-12(19)4-5-13(10)18-15(21)14(20)17-9-11-3-2-6-16-8-11/h2-8,19H,9H2,1H3,(H,17,20)(H,18,21). The number of aromatic nitrogens is 1. The number of phenols is 1. The van der Waals surface area contributed by atoms with Gasteiger partial charge in [-0.2, -0.15) is 0 Å². The predicted molar refractivity (Wildman–Crippen MR) is 77.6 cm³/mol. The van der Waals surface area contributed by atoms with Gasteiger partial charge >= 0.3 is 11.8 Å². The fourth-order valence-electron chi connectivity index (χ4n) is 1.73. The largest absolute Gasteiger partial charge is 0.508 e. The third-order valence-electron chi connectivity index (χ3n) is 2.84. The van der Waals surface area contributed by atoms with Gasteiger partial charge in [-0.3, -0.25) is 14.6 Å². The van der Waals surface area contributed by atoms with Gasteiger partial charge in [-0.05, 0) is 42.3 Å². The number of nitrogens with zero attached hydrogens (tertiary/aromatic N) is 1. The van der Waals surface area contributed by atoms with Gasteiger partial charge in [-0.15, -0.1) is 0 Å². The molecule has 0 unspecified atom stereocenters. The van der Waals surface area contributed by atoms with E-state index < -0.39 is 11.8 Å². The molecule has 0 saturated heterocycles. The van der Waals surface area contributed by atoms with E-state index in [4.69, 9.17) is 0 Å². The number of carbonyl (C=O) groups is 2.